The summed E-state index contributed by atoms with van der Waals surface area (Å²) in [7, 11) is 0. The molecule has 2 N–H and O–H groups in total. The molecule has 1 aliphatic heterocycles. The van der Waals surface area contributed by atoms with Gasteiger partial charge in [-0.1, -0.05) is 18.2 Å². The molecule has 0 bridgehead atoms. The van der Waals surface area contributed by atoms with E-state index in [-0.39, 0.29) is 6.10 Å². The van der Waals surface area contributed by atoms with E-state index in [9.17, 15) is 15.0 Å². The van der Waals surface area contributed by atoms with Gasteiger partial charge >= 0.3 is 5.97 Å². The molecular formula is C14H19NO3S. The van der Waals surface area contributed by atoms with Gasteiger partial charge in [0.2, 0.25) is 0 Å². The first-order valence-electron chi connectivity index (χ1n) is 6.41. The fraction of sp³-hybridized carbons (Fsp3) is 0.500. The van der Waals surface area contributed by atoms with E-state index in [0.29, 0.717) is 25.9 Å². The Kier molecular flexibility index (Phi) is 4.85. The number of aliphatic hydroxyl groups is 1. The number of likely N-dealkylation sites (tertiary alicyclic amines) is 1. The Morgan fingerprint density at radius 1 is 1.37 bits per heavy atom. The van der Waals surface area contributed by atoms with Crippen molar-refractivity contribution in [3.8, 4) is 0 Å². The van der Waals surface area contributed by atoms with Crippen molar-refractivity contribution in [2.24, 2.45) is 0 Å². The van der Waals surface area contributed by atoms with E-state index in [0.717, 1.165) is 10.5 Å². The number of aliphatic hydroxyl groups excluding tert-OH is 1. The number of nitrogens with zero attached hydrogens (tertiary/aromatic N) is 1. The third-order valence-corrected chi connectivity index (χ3v) is 4.34. The fourth-order valence-electron chi connectivity index (χ4n) is 2.52. The van der Waals surface area contributed by atoms with Crippen LogP contribution in [0.5, 0.6) is 0 Å². The summed E-state index contributed by atoms with van der Waals surface area (Å²) >= 11 is 1.57. The van der Waals surface area contributed by atoms with Crippen molar-refractivity contribution in [1.29, 1.82) is 0 Å². The Morgan fingerprint density at radius 3 is 2.58 bits per heavy atom. The summed E-state index contributed by atoms with van der Waals surface area (Å²) in [4.78, 5) is 14.6. The molecule has 1 unspecified atom stereocenters. The zero-order chi connectivity index (χ0) is 13.8. The summed E-state index contributed by atoms with van der Waals surface area (Å²) < 4.78 is 0. The molecule has 4 nitrogen and oxygen atoms in total. The van der Waals surface area contributed by atoms with Gasteiger partial charge in [-0.3, -0.25) is 9.69 Å². The van der Waals surface area contributed by atoms with E-state index in [4.69, 9.17) is 0 Å². The Hall–Kier alpha value is -1.04. The largest absolute Gasteiger partial charge is 0.480 e. The molecule has 0 amide bonds. The monoisotopic (exact) mass is 281 g/mol. The SMILES string of the molecule is CSc1ccccc1C(C(=O)O)N1CCC(O)CC1. The van der Waals surface area contributed by atoms with Crippen molar-refractivity contribution in [2.75, 3.05) is 19.3 Å². The highest BCUT2D eigenvalue weighted by Crippen LogP contribution is 2.31. The van der Waals surface area contributed by atoms with E-state index in [1.54, 1.807) is 11.8 Å². The molecule has 19 heavy (non-hydrogen) atoms. The first kappa shape index (κ1) is 14.4. The second kappa shape index (κ2) is 6.41. The van der Waals surface area contributed by atoms with Crippen molar-refractivity contribution >= 4 is 17.7 Å². The van der Waals surface area contributed by atoms with Crippen LogP contribution in [0.2, 0.25) is 0 Å². The van der Waals surface area contributed by atoms with Crippen LogP contribution in [0.25, 0.3) is 0 Å². The van der Waals surface area contributed by atoms with Crippen LogP contribution in [0.3, 0.4) is 0 Å². The highest BCUT2D eigenvalue weighted by molar-refractivity contribution is 7.98. The zero-order valence-electron chi connectivity index (χ0n) is 11.0. The molecular weight excluding hydrogens is 262 g/mol. The molecule has 0 spiro atoms. The van der Waals surface area contributed by atoms with Gasteiger partial charge in [-0.15, -0.1) is 11.8 Å². The molecule has 104 valence electrons. The Labute approximate surface area is 117 Å². The second-order valence-corrected chi connectivity index (χ2v) is 5.60. The minimum atomic E-state index is -0.821. The lowest BCUT2D eigenvalue weighted by atomic mass is 10.0. The quantitative estimate of drug-likeness (QED) is 0.827. The summed E-state index contributed by atoms with van der Waals surface area (Å²) in [5.41, 5.74) is 0.846. The molecule has 1 heterocycles. The molecule has 0 aliphatic carbocycles. The van der Waals surface area contributed by atoms with Crippen molar-refractivity contribution < 1.29 is 15.0 Å². The highest BCUT2D eigenvalue weighted by atomic mass is 32.2. The van der Waals surface area contributed by atoms with Gasteiger partial charge in [-0.25, -0.2) is 0 Å². The number of carbonyl (C=O) groups is 1. The van der Waals surface area contributed by atoms with Crippen LogP contribution in [0.15, 0.2) is 29.2 Å². The van der Waals surface area contributed by atoms with Crippen molar-refractivity contribution in [3.63, 3.8) is 0 Å². The van der Waals surface area contributed by atoms with Crippen molar-refractivity contribution in [2.45, 2.75) is 29.9 Å². The van der Waals surface area contributed by atoms with Crippen LogP contribution in [0.4, 0.5) is 0 Å². The predicted octanol–water partition coefficient (Wildman–Crippen LogP) is 1.99. The highest BCUT2D eigenvalue weighted by Gasteiger charge is 2.31. The molecule has 0 saturated carbocycles. The first-order chi connectivity index (χ1) is 9.13. The topological polar surface area (TPSA) is 60.8 Å². The molecule has 2 rings (SSSR count). The maximum Gasteiger partial charge on any atom is 0.325 e. The minimum Gasteiger partial charge on any atom is -0.480 e. The summed E-state index contributed by atoms with van der Waals surface area (Å²) in [5, 5.41) is 19.1. The van der Waals surface area contributed by atoms with Gasteiger partial charge in [0.15, 0.2) is 0 Å². The number of hydrogen-bond acceptors (Lipinski definition) is 4. The van der Waals surface area contributed by atoms with Gasteiger partial charge < -0.3 is 10.2 Å². The number of carboxylic acids is 1. The average molecular weight is 281 g/mol. The summed E-state index contributed by atoms with van der Waals surface area (Å²) in [6, 6.07) is 7.03. The van der Waals surface area contributed by atoms with E-state index in [1.165, 1.54) is 0 Å². The maximum absolute atomic E-state index is 11.6. The van der Waals surface area contributed by atoms with E-state index in [1.807, 2.05) is 35.4 Å². The third kappa shape index (κ3) is 3.29. The smallest absolute Gasteiger partial charge is 0.325 e. The lowest BCUT2D eigenvalue weighted by Crippen LogP contribution is -2.41. The van der Waals surface area contributed by atoms with Crippen LogP contribution in [-0.4, -0.2) is 46.5 Å². The predicted molar refractivity (Wildman–Crippen MR) is 75.4 cm³/mol. The number of piperidine rings is 1. The lowest BCUT2D eigenvalue weighted by molar-refractivity contribution is -0.144. The minimum absolute atomic E-state index is 0.290. The van der Waals surface area contributed by atoms with Gasteiger partial charge in [-0.2, -0.15) is 0 Å². The van der Waals surface area contributed by atoms with Gasteiger partial charge in [0, 0.05) is 18.0 Å². The Balaban J connectivity index is 2.27. The van der Waals surface area contributed by atoms with Crippen LogP contribution >= 0.6 is 11.8 Å². The normalized spacial score (nSPS) is 19.3. The number of thioether (sulfide) groups is 1. The lowest BCUT2D eigenvalue weighted by Gasteiger charge is -2.34. The molecule has 0 radical (unpaired) electrons. The number of rotatable bonds is 4. The molecule has 5 heteroatoms. The number of benzene rings is 1. The second-order valence-electron chi connectivity index (χ2n) is 4.75. The van der Waals surface area contributed by atoms with Gasteiger partial charge in [0.1, 0.15) is 6.04 Å². The molecule has 1 saturated heterocycles. The Bertz CT molecular complexity index is 444. The number of carboxylic acid groups (broad SMARTS) is 1. The summed E-state index contributed by atoms with van der Waals surface area (Å²) in [6.45, 7) is 1.25. The van der Waals surface area contributed by atoms with E-state index in [2.05, 4.69) is 0 Å². The van der Waals surface area contributed by atoms with Crippen LogP contribution in [0, 0.1) is 0 Å². The van der Waals surface area contributed by atoms with Gasteiger partial charge in [-0.05, 0) is 30.7 Å². The van der Waals surface area contributed by atoms with E-state index >= 15 is 0 Å². The molecule has 1 atom stereocenters. The van der Waals surface area contributed by atoms with Crippen LogP contribution in [0.1, 0.15) is 24.4 Å². The zero-order valence-corrected chi connectivity index (χ0v) is 11.8. The van der Waals surface area contributed by atoms with E-state index < -0.39 is 12.0 Å². The average Bonchev–Trinajstić information content (AvgIpc) is 2.41. The van der Waals surface area contributed by atoms with Gasteiger partial charge in [0.25, 0.3) is 0 Å². The third-order valence-electron chi connectivity index (χ3n) is 3.53. The molecule has 1 aromatic rings. The molecule has 1 aromatic carbocycles. The van der Waals surface area contributed by atoms with Crippen LogP contribution < -0.4 is 0 Å². The number of hydrogen-bond donors (Lipinski definition) is 2. The first-order valence-corrected chi connectivity index (χ1v) is 7.63. The fourth-order valence-corrected chi connectivity index (χ4v) is 3.15. The molecule has 0 aromatic heterocycles. The number of aliphatic carboxylic acids is 1. The van der Waals surface area contributed by atoms with Crippen molar-refractivity contribution in [1.82, 2.24) is 4.90 Å². The molecule has 1 aliphatic rings. The Morgan fingerprint density at radius 2 is 2.00 bits per heavy atom. The molecule has 1 fully saturated rings. The summed E-state index contributed by atoms with van der Waals surface area (Å²) in [6.07, 6.45) is 2.95. The van der Waals surface area contributed by atoms with Crippen molar-refractivity contribution in [3.05, 3.63) is 29.8 Å². The summed E-state index contributed by atoms with van der Waals surface area (Å²) in [5.74, 6) is -0.821. The van der Waals surface area contributed by atoms with Crippen LogP contribution in [-0.2, 0) is 4.79 Å². The van der Waals surface area contributed by atoms with Gasteiger partial charge in [0.05, 0.1) is 6.10 Å². The standard InChI is InChI=1S/C14H19NO3S/c1-19-12-5-3-2-4-11(12)13(14(17)18)15-8-6-10(16)7-9-15/h2-5,10,13,16H,6-9H2,1H3,(H,17,18). The maximum atomic E-state index is 11.6.